The van der Waals surface area contributed by atoms with E-state index in [1.807, 2.05) is 25.1 Å². The molecule has 0 saturated heterocycles. The van der Waals surface area contributed by atoms with Crippen LogP contribution in [0.1, 0.15) is 17.3 Å². The molecule has 0 aliphatic carbocycles. The number of nitrogen functional groups attached to an aromatic ring is 1. The molecule has 2 aromatic rings. The Morgan fingerprint density at radius 2 is 2.19 bits per heavy atom. The number of aryl methyl sites for hydroxylation is 2. The maximum absolute atomic E-state index is 5.86. The molecule has 0 atom stereocenters. The zero-order chi connectivity index (χ0) is 11.5. The maximum atomic E-state index is 5.86. The van der Waals surface area contributed by atoms with Gasteiger partial charge < -0.3 is 15.6 Å². The third-order valence-electron chi connectivity index (χ3n) is 2.21. The standard InChI is InChI=1S/C11H14N4O/c1-7-3-4-10(9(12)5-7)13-6-11-14-8(2)15-16-11/h3-5,13H,6,12H2,1-2H3. The summed E-state index contributed by atoms with van der Waals surface area (Å²) in [5.41, 5.74) is 8.59. The van der Waals surface area contributed by atoms with Crippen molar-refractivity contribution < 1.29 is 4.52 Å². The fraction of sp³-hybridized carbons (Fsp3) is 0.273. The largest absolute Gasteiger partial charge is 0.397 e. The second-order valence-electron chi connectivity index (χ2n) is 3.68. The van der Waals surface area contributed by atoms with Crippen molar-refractivity contribution >= 4 is 11.4 Å². The Kier molecular flexibility index (Phi) is 2.76. The van der Waals surface area contributed by atoms with E-state index in [-0.39, 0.29) is 0 Å². The molecule has 0 saturated carbocycles. The lowest BCUT2D eigenvalue weighted by Gasteiger charge is -2.07. The van der Waals surface area contributed by atoms with Crippen LogP contribution in [0.5, 0.6) is 0 Å². The smallest absolute Gasteiger partial charge is 0.245 e. The van der Waals surface area contributed by atoms with Crippen molar-refractivity contribution in [2.45, 2.75) is 20.4 Å². The summed E-state index contributed by atoms with van der Waals surface area (Å²) in [6.07, 6.45) is 0. The molecule has 0 radical (unpaired) electrons. The summed E-state index contributed by atoms with van der Waals surface area (Å²) in [5, 5.41) is 6.86. The minimum Gasteiger partial charge on any atom is -0.397 e. The molecule has 3 N–H and O–H groups in total. The van der Waals surface area contributed by atoms with Crippen LogP contribution >= 0.6 is 0 Å². The van der Waals surface area contributed by atoms with Crippen molar-refractivity contribution in [2.75, 3.05) is 11.1 Å². The van der Waals surface area contributed by atoms with Crippen LogP contribution in [0.25, 0.3) is 0 Å². The number of hydrogen-bond donors (Lipinski definition) is 2. The van der Waals surface area contributed by atoms with E-state index in [0.717, 1.165) is 16.9 Å². The molecular formula is C11H14N4O. The van der Waals surface area contributed by atoms with Crippen LogP contribution in [0, 0.1) is 13.8 Å². The fourth-order valence-corrected chi connectivity index (χ4v) is 1.43. The third kappa shape index (κ3) is 2.31. The number of nitrogens with zero attached hydrogens (tertiary/aromatic N) is 2. The van der Waals surface area contributed by atoms with E-state index < -0.39 is 0 Å². The molecule has 0 unspecified atom stereocenters. The molecule has 5 nitrogen and oxygen atoms in total. The maximum Gasteiger partial charge on any atom is 0.245 e. The van der Waals surface area contributed by atoms with Gasteiger partial charge in [-0.15, -0.1) is 0 Å². The van der Waals surface area contributed by atoms with Crippen LogP contribution in [0.15, 0.2) is 22.7 Å². The van der Waals surface area contributed by atoms with E-state index in [0.29, 0.717) is 18.3 Å². The Bertz CT molecular complexity index is 492. The summed E-state index contributed by atoms with van der Waals surface area (Å²) in [6, 6.07) is 5.85. The molecule has 84 valence electrons. The van der Waals surface area contributed by atoms with Crippen LogP contribution in [0.2, 0.25) is 0 Å². The number of anilines is 2. The highest BCUT2D eigenvalue weighted by Gasteiger charge is 2.03. The van der Waals surface area contributed by atoms with Crippen LogP contribution in [0.3, 0.4) is 0 Å². The van der Waals surface area contributed by atoms with Crippen LogP contribution in [-0.4, -0.2) is 10.1 Å². The molecule has 0 aliphatic rings. The first-order valence-corrected chi connectivity index (χ1v) is 5.04. The number of nitrogens with one attached hydrogen (secondary N) is 1. The highest BCUT2D eigenvalue weighted by atomic mass is 16.5. The van der Waals surface area contributed by atoms with E-state index in [1.165, 1.54) is 0 Å². The van der Waals surface area contributed by atoms with Crippen molar-refractivity contribution in [3.05, 3.63) is 35.5 Å². The summed E-state index contributed by atoms with van der Waals surface area (Å²) in [7, 11) is 0. The quantitative estimate of drug-likeness (QED) is 0.769. The number of benzene rings is 1. The van der Waals surface area contributed by atoms with Gasteiger partial charge in [-0.1, -0.05) is 11.2 Å². The molecule has 1 aromatic heterocycles. The first-order chi connectivity index (χ1) is 7.65. The van der Waals surface area contributed by atoms with Crippen LogP contribution in [0.4, 0.5) is 11.4 Å². The summed E-state index contributed by atoms with van der Waals surface area (Å²) in [6.45, 7) is 4.27. The minimum absolute atomic E-state index is 0.480. The summed E-state index contributed by atoms with van der Waals surface area (Å²) in [5.74, 6) is 1.19. The average Bonchev–Trinajstić information content (AvgIpc) is 2.63. The predicted molar refractivity (Wildman–Crippen MR) is 62.0 cm³/mol. The first-order valence-electron chi connectivity index (χ1n) is 5.04. The average molecular weight is 218 g/mol. The monoisotopic (exact) mass is 218 g/mol. The second kappa shape index (κ2) is 4.22. The molecule has 16 heavy (non-hydrogen) atoms. The molecule has 0 spiro atoms. The molecule has 0 aliphatic heterocycles. The van der Waals surface area contributed by atoms with Crippen molar-refractivity contribution in [3.63, 3.8) is 0 Å². The fourth-order valence-electron chi connectivity index (χ4n) is 1.43. The summed E-state index contributed by atoms with van der Waals surface area (Å²) in [4.78, 5) is 4.09. The zero-order valence-electron chi connectivity index (χ0n) is 9.32. The van der Waals surface area contributed by atoms with Crippen molar-refractivity contribution in [1.29, 1.82) is 0 Å². The van der Waals surface area contributed by atoms with Crippen molar-refractivity contribution in [2.24, 2.45) is 0 Å². The Balaban J connectivity index is 2.04. The van der Waals surface area contributed by atoms with E-state index in [9.17, 15) is 0 Å². The van der Waals surface area contributed by atoms with Gasteiger partial charge in [-0.05, 0) is 31.5 Å². The molecule has 0 fully saturated rings. The van der Waals surface area contributed by atoms with E-state index in [1.54, 1.807) is 6.92 Å². The minimum atomic E-state index is 0.480. The van der Waals surface area contributed by atoms with Crippen molar-refractivity contribution in [3.8, 4) is 0 Å². The van der Waals surface area contributed by atoms with E-state index in [4.69, 9.17) is 10.3 Å². The second-order valence-corrected chi connectivity index (χ2v) is 3.68. The summed E-state index contributed by atoms with van der Waals surface area (Å²) < 4.78 is 4.99. The van der Waals surface area contributed by atoms with Gasteiger partial charge in [0, 0.05) is 0 Å². The van der Waals surface area contributed by atoms with Gasteiger partial charge in [0.1, 0.15) is 0 Å². The number of rotatable bonds is 3. The lowest BCUT2D eigenvalue weighted by atomic mass is 10.2. The molecule has 2 rings (SSSR count). The lowest BCUT2D eigenvalue weighted by Crippen LogP contribution is -2.02. The van der Waals surface area contributed by atoms with E-state index >= 15 is 0 Å². The molecule has 0 amide bonds. The molecular weight excluding hydrogens is 204 g/mol. The van der Waals surface area contributed by atoms with E-state index in [2.05, 4.69) is 15.5 Å². The highest BCUT2D eigenvalue weighted by Crippen LogP contribution is 2.19. The SMILES string of the molecule is Cc1ccc(NCc2nc(C)no2)c(N)c1. The number of nitrogens with two attached hydrogens (primary N) is 1. The van der Waals surface area contributed by atoms with Crippen LogP contribution in [-0.2, 0) is 6.54 Å². The third-order valence-corrected chi connectivity index (χ3v) is 2.21. The Morgan fingerprint density at radius 1 is 1.38 bits per heavy atom. The van der Waals surface area contributed by atoms with Gasteiger partial charge in [0.15, 0.2) is 5.82 Å². The lowest BCUT2D eigenvalue weighted by molar-refractivity contribution is 0.379. The van der Waals surface area contributed by atoms with Gasteiger partial charge in [0.05, 0.1) is 17.9 Å². The van der Waals surface area contributed by atoms with Crippen molar-refractivity contribution in [1.82, 2.24) is 10.1 Å². The summed E-state index contributed by atoms with van der Waals surface area (Å²) >= 11 is 0. The van der Waals surface area contributed by atoms with Gasteiger partial charge in [0.25, 0.3) is 0 Å². The molecule has 1 aromatic carbocycles. The van der Waals surface area contributed by atoms with Gasteiger partial charge >= 0.3 is 0 Å². The molecule has 0 bridgehead atoms. The number of aromatic nitrogens is 2. The Hall–Kier alpha value is -2.04. The van der Waals surface area contributed by atoms with Gasteiger partial charge in [-0.2, -0.15) is 4.98 Å². The highest BCUT2D eigenvalue weighted by molar-refractivity contribution is 5.66. The molecule has 5 heteroatoms. The van der Waals surface area contributed by atoms with Gasteiger partial charge in [0.2, 0.25) is 5.89 Å². The normalized spacial score (nSPS) is 10.4. The first kappa shape index (κ1) is 10.5. The van der Waals surface area contributed by atoms with Gasteiger partial charge in [-0.3, -0.25) is 0 Å². The number of hydrogen-bond acceptors (Lipinski definition) is 5. The predicted octanol–water partition coefficient (Wildman–Crippen LogP) is 1.88. The topological polar surface area (TPSA) is 77.0 Å². The Labute approximate surface area is 93.7 Å². The zero-order valence-corrected chi connectivity index (χ0v) is 9.32. The Morgan fingerprint density at radius 3 is 2.81 bits per heavy atom. The van der Waals surface area contributed by atoms with Gasteiger partial charge in [-0.25, -0.2) is 0 Å². The molecule has 1 heterocycles. The van der Waals surface area contributed by atoms with Crippen LogP contribution < -0.4 is 11.1 Å².